The number of hydroxylamine groups is 1. The van der Waals surface area contributed by atoms with Crippen molar-refractivity contribution in [1.29, 1.82) is 5.26 Å². The molecule has 0 saturated heterocycles. The number of carbonyl (C=O) groups excluding carboxylic acids is 1. The Morgan fingerprint density at radius 3 is 2.60 bits per heavy atom. The Morgan fingerprint density at radius 1 is 1.80 bits per heavy atom. The largest absolute Gasteiger partial charge is 0.289 e. The number of nitriles is 1. The van der Waals surface area contributed by atoms with E-state index < -0.39 is 11.3 Å². The Hall–Kier alpha value is -1.08. The van der Waals surface area contributed by atoms with Crippen LogP contribution in [0.2, 0.25) is 0 Å². The predicted molar refractivity (Wildman–Crippen MR) is 33.9 cm³/mol. The molecule has 0 spiro atoms. The first-order valence-corrected chi connectivity index (χ1v) is 2.86. The van der Waals surface area contributed by atoms with Crippen LogP contribution in [0.5, 0.6) is 0 Å². The average molecular weight is 142 g/mol. The van der Waals surface area contributed by atoms with Crippen LogP contribution in [0.15, 0.2) is 0 Å². The van der Waals surface area contributed by atoms with Crippen LogP contribution in [-0.4, -0.2) is 11.1 Å². The summed E-state index contributed by atoms with van der Waals surface area (Å²) in [5, 5.41) is 16.5. The van der Waals surface area contributed by atoms with Gasteiger partial charge in [0, 0.05) is 6.42 Å². The summed E-state index contributed by atoms with van der Waals surface area (Å²) >= 11 is 0. The number of hydrogen-bond donors (Lipinski definition) is 2. The van der Waals surface area contributed by atoms with Crippen molar-refractivity contribution in [1.82, 2.24) is 5.48 Å². The fourth-order valence-corrected chi connectivity index (χ4v) is 0.480. The van der Waals surface area contributed by atoms with Gasteiger partial charge in [0.25, 0.3) is 0 Å². The van der Waals surface area contributed by atoms with Gasteiger partial charge in [-0.1, -0.05) is 0 Å². The molecule has 1 amide bonds. The van der Waals surface area contributed by atoms with E-state index in [1.165, 1.54) is 5.48 Å². The lowest BCUT2D eigenvalue weighted by Crippen LogP contribution is -2.25. The molecule has 0 aliphatic carbocycles. The van der Waals surface area contributed by atoms with E-state index in [1.807, 2.05) is 6.07 Å². The summed E-state index contributed by atoms with van der Waals surface area (Å²) in [5.74, 6) is -0.536. The molecule has 0 atom stereocenters. The monoisotopic (exact) mass is 142 g/mol. The molecular weight excluding hydrogens is 132 g/mol. The van der Waals surface area contributed by atoms with Crippen LogP contribution in [0.25, 0.3) is 0 Å². The van der Waals surface area contributed by atoms with E-state index in [9.17, 15) is 4.79 Å². The van der Waals surface area contributed by atoms with Crippen LogP contribution in [0.3, 0.4) is 0 Å². The molecule has 0 aromatic carbocycles. The molecule has 0 heterocycles. The summed E-state index contributed by atoms with van der Waals surface area (Å²) in [5.41, 5.74) is 0.764. The Bertz CT molecular complexity index is 169. The van der Waals surface area contributed by atoms with Crippen LogP contribution >= 0.6 is 0 Å². The number of amides is 1. The average Bonchev–Trinajstić information content (AvgIpc) is 1.87. The lowest BCUT2D eigenvalue weighted by molar-refractivity contribution is -0.130. The van der Waals surface area contributed by atoms with Gasteiger partial charge in [-0.3, -0.25) is 10.0 Å². The molecule has 0 aromatic heterocycles. The van der Waals surface area contributed by atoms with Crippen LogP contribution in [-0.2, 0) is 4.79 Å². The Balaban J connectivity index is 3.92. The van der Waals surface area contributed by atoms with Gasteiger partial charge in [0.05, 0.1) is 11.5 Å². The number of rotatable bonds is 2. The molecule has 4 nitrogen and oxygen atoms in total. The minimum absolute atomic E-state index is 0.0139. The fraction of sp³-hybridized carbons (Fsp3) is 0.667. The number of carbonyl (C=O) groups is 1. The second-order valence-corrected chi connectivity index (χ2v) is 2.71. The Kier molecular flexibility index (Phi) is 2.84. The number of nitrogens with zero attached hydrogens (tertiary/aromatic N) is 1. The molecule has 0 bridgehead atoms. The molecule has 0 aromatic rings. The first kappa shape index (κ1) is 8.92. The van der Waals surface area contributed by atoms with E-state index >= 15 is 0 Å². The van der Waals surface area contributed by atoms with E-state index in [0.29, 0.717) is 0 Å². The van der Waals surface area contributed by atoms with Gasteiger partial charge in [0.15, 0.2) is 0 Å². The van der Waals surface area contributed by atoms with Gasteiger partial charge in [-0.15, -0.1) is 0 Å². The van der Waals surface area contributed by atoms with Crippen molar-refractivity contribution < 1.29 is 10.0 Å². The zero-order chi connectivity index (χ0) is 8.20. The van der Waals surface area contributed by atoms with E-state index in [4.69, 9.17) is 10.5 Å². The molecule has 0 radical (unpaired) electrons. The smallest absolute Gasteiger partial charge is 0.244 e. The number of hydrogen-bond acceptors (Lipinski definition) is 3. The lowest BCUT2D eigenvalue weighted by Gasteiger charge is -2.11. The highest BCUT2D eigenvalue weighted by molar-refractivity contribution is 5.75. The third-order valence-corrected chi connectivity index (χ3v) is 1.03. The van der Waals surface area contributed by atoms with Gasteiger partial charge in [-0.05, 0) is 13.8 Å². The maximum atomic E-state index is 10.5. The van der Waals surface area contributed by atoms with Crippen molar-refractivity contribution in [3.05, 3.63) is 0 Å². The van der Waals surface area contributed by atoms with Crippen molar-refractivity contribution in [2.45, 2.75) is 20.3 Å². The van der Waals surface area contributed by atoms with Gasteiger partial charge in [0.2, 0.25) is 5.91 Å². The third-order valence-electron chi connectivity index (χ3n) is 1.03. The molecule has 0 fully saturated rings. The van der Waals surface area contributed by atoms with Gasteiger partial charge < -0.3 is 0 Å². The highest BCUT2D eigenvalue weighted by Gasteiger charge is 2.20. The van der Waals surface area contributed by atoms with Crippen molar-refractivity contribution >= 4 is 5.91 Å². The summed E-state index contributed by atoms with van der Waals surface area (Å²) in [6, 6.07) is 1.93. The van der Waals surface area contributed by atoms with Gasteiger partial charge in [-0.25, -0.2) is 5.48 Å². The molecule has 0 saturated carbocycles. The molecule has 2 N–H and O–H groups in total. The summed E-state index contributed by atoms with van der Waals surface area (Å²) in [4.78, 5) is 10.5. The van der Waals surface area contributed by atoms with Crippen LogP contribution < -0.4 is 5.48 Å². The lowest BCUT2D eigenvalue weighted by atomic mass is 9.91. The van der Waals surface area contributed by atoms with Crippen LogP contribution in [0, 0.1) is 16.7 Å². The zero-order valence-electron chi connectivity index (χ0n) is 6.01. The highest BCUT2D eigenvalue weighted by atomic mass is 16.5. The topological polar surface area (TPSA) is 73.1 Å². The molecular formula is C6H10N2O2. The maximum Gasteiger partial charge on any atom is 0.244 e. The van der Waals surface area contributed by atoms with Crippen LogP contribution in [0.4, 0.5) is 0 Å². The quantitative estimate of drug-likeness (QED) is 0.433. The summed E-state index contributed by atoms with van der Waals surface area (Å²) in [6.45, 7) is 3.25. The van der Waals surface area contributed by atoms with Crippen molar-refractivity contribution in [2.75, 3.05) is 0 Å². The normalized spacial score (nSPS) is 10.2. The van der Waals surface area contributed by atoms with Crippen LogP contribution in [0.1, 0.15) is 20.3 Å². The first-order valence-electron chi connectivity index (χ1n) is 2.86. The molecule has 0 unspecified atom stereocenters. The summed E-state index contributed by atoms with van der Waals surface area (Å²) in [6.07, 6.45) is 0.0139. The predicted octanol–water partition coefficient (Wildman–Crippen LogP) is 0.432. The van der Waals surface area contributed by atoms with Crippen molar-refractivity contribution in [3.63, 3.8) is 0 Å². The summed E-state index contributed by atoms with van der Waals surface area (Å²) < 4.78 is 0. The third kappa shape index (κ3) is 3.05. The van der Waals surface area contributed by atoms with Gasteiger partial charge in [0.1, 0.15) is 0 Å². The van der Waals surface area contributed by atoms with E-state index in [0.717, 1.165) is 0 Å². The molecule has 0 rings (SSSR count). The minimum Gasteiger partial charge on any atom is -0.289 e. The van der Waals surface area contributed by atoms with E-state index in [1.54, 1.807) is 13.8 Å². The molecule has 0 aliphatic heterocycles. The zero-order valence-corrected chi connectivity index (χ0v) is 6.01. The molecule has 0 aliphatic rings. The maximum absolute atomic E-state index is 10.5. The second kappa shape index (κ2) is 3.18. The number of nitrogens with one attached hydrogen (secondary N) is 1. The standard InChI is InChI=1S/C6H10N2O2/c1-6(2,4-7)3-5(9)8-10/h10H,3H2,1-2H3,(H,8,9). The molecule has 10 heavy (non-hydrogen) atoms. The van der Waals surface area contributed by atoms with Crippen molar-refractivity contribution in [2.24, 2.45) is 5.41 Å². The highest BCUT2D eigenvalue weighted by Crippen LogP contribution is 2.17. The van der Waals surface area contributed by atoms with Gasteiger partial charge in [-0.2, -0.15) is 5.26 Å². The van der Waals surface area contributed by atoms with E-state index in [2.05, 4.69) is 0 Å². The minimum atomic E-state index is -0.702. The SMILES string of the molecule is CC(C)(C#N)CC(=O)NO. The second-order valence-electron chi connectivity index (χ2n) is 2.71. The first-order chi connectivity index (χ1) is 4.52. The van der Waals surface area contributed by atoms with E-state index in [-0.39, 0.29) is 6.42 Å². The van der Waals surface area contributed by atoms with Gasteiger partial charge >= 0.3 is 0 Å². The molecule has 4 heteroatoms. The fourth-order valence-electron chi connectivity index (χ4n) is 0.480. The van der Waals surface area contributed by atoms with Crippen molar-refractivity contribution in [3.8, 4) is 6.07 Å². The summed E-state index contributed by atoms with van der Waals surface area (Å²) in [7, 11) is 0. The Morgan fingerprint density at radius 2 is 2.30 bits per heavy atom. The Labute approximate surface area is 59.4 Å². The molecule has 56 valence electrons.